The lowest BCUT2D eigenvalue weighted by Gasteiger charge is -2.40. The topological polar surface area (TPSA) is 134 Å². The molecule has 0 heterocycles. The van der Waals surface area contributed by atoms with Gasteiger partial charge in [0.2, 0.25) is 11.8 Å². The normalized spacial score (nSPS) is 14.9. The van der Waals surface area contributed by atoms with E-state index in [9.17, 15) is 24.3 Å². The lowest BCUT2D eigenvalue weighted by atomic mass is 9.92. The molecule has 3 N–H and O–H groups in total. The maximum absolute atomic E-state index is 14.9. The van der Waals surface area contributed by atoms with Crippen LogP contribution in [0.1, 0.15) is 118 Å². The number of alkyl carbamates (subject to hydrolysis) is 1. The van der Waals surface area contributed by atoms with Crippen LogP contribution in [0.4, 0.5) is 4.79 Å². The average Bonchev–Trinajstić information content (AvgIpc) is 3.00. The van der Waals surface area contributed by atoms with Crippen LogP contribution in [-0.4, -0.2) is 63.2 Å². The number of carbonyl (C=O) groups is 4. The largest absolute Gasteiger partial charge is 0.507 e. The summed E-state index contributed by atoms with van der Waals surface area (Å²) in [4.78, 5) is 58.0. The molecule has 2 aromatic carbocycles. The minimum Gasteiger partial charge on any atom is -0.507 e. The molecule has 0 aliphatic heterocycles. The van der Waals surface area contributed by atoms with Gasteiger partial charge < -0.3 is 30.1 Å². The summed E-state index contributed by atoms with van der Waals surface area (Å²) in [5, 5.41) is 17.2. The predicted molar refractivity (Wildman–Crippen MR) is 196 cm³/mol. The fourth-order valence-electron chi connectivity index (χ4n) is 5.58. The average molecular weight is 696 g/mol. The van der Waals surface area contributed by atoms with Crippen molar-refractivity contribution in [1.82, 2.24) is 15.5 Å². The van der Waals surface area contributed by atoms with Crippen molar-refractivity contribution in [3.05, 3.63) is 65.2 Å². The first-order valence-electron chi connectivity index (χ1n) is 17.8. The van der Waals surface area contributed by atoms with Crippen LogP contribution in [0, 0.1) is 18.8 Å². The monoisotopic (exact) mass is 695 g/mol. The molecule has 5 atom stereocenters. The molecule has 0 aliphatic carbocycles. The molecule has 2 aromatic rings. The van der Waals surface area contributed by atoms with Crippen LogP contribution in [-0.2, 0) is 30.3 Å². The number of hydrogen-bond donors (Lipinski definition) is 3. The highest BCUT2D eigenvalue weighted by atomic mass is 16.6. The third kappa shape index (κ3) is 13.0. The van der Waals surface area contributed by atoms with Gasteiger partial charge in [-0.1, -0.05) is 82.6 Å². The van der Waals surface area contributed by atoms with Gasteiger partial charge in [0.05, 0.1) is 0 Å². The summed E-state index contributed by atoms with van der Waals surface area (Å²) in [5.74, 6) is -1.96. The number of phenols is 1. The van der Waals surface area contributed by atoms with E-state index in [0.717, 1.165) is 12.0 Å². The van der Waals surface area contributed by atoms with E-state index in [2.05, 4.69) is 24.5 Å². The van der Waals surface area contributed by atoms with Gasteiger partial charge in [-0.05, 0) is 91.2 Å². The Morgan fingerprint density at radius 2 is 1.42 bits per heavy atom. The number of aromatic hydroxyl groups is 1. The maximum Gasteiger partial charge on any atom is 0.408 e. The Morgan fingerprint density at radius 1 is 0.820 bits per heavy atom. The molecule has 5 unspecified atom stereocenters. The van der Waals surface area contributed by atoms with Crippen molar-refractivity contribution in [1.29, 1.82) is 0 Å². The minimum absolute atomic E-state index is 0.139. The SMILES string of the molecule is CCC(C)C(NC(=O)OC(C)(C)C)C(=O)N(C(C)CCC(C)C)C(C(=O)NC(Cc1ccccc1)C(=O)OC(C)(C)C)c1cccc(C)c1O. The third-order valence-corrected chi connectivity index (χ3v) is 8.42. The summed E-state index contributed by atoms with van der Waals surface area (Å²) in [5.41, 5.74) is -0.108. The van der Waals surface area contributed by atoms with E-state index in [-0.39, 0.29) is 23.7 Å². The number of ether oxygens (including phenoxy) is 2. The molecule has 0 fully saturated rings. The summed E-state index contributed by atoms with van der Waals surface area (Å²) < 4.78 is 11.3. The number of amides is 3. The highest BCUT2D eigenvalue weighted by Gasteiger charge is 2.42. The van der Waals surface area contributed by atoms with Gasteiger partial charge in [-0.15, -0.1) is 0 Å². The number of nitrogens with zero attached hydrogens (tertiary/aromatic N) is 1. The van der Waals surface area contributed by atoms with E-state index in [4.69, 9.17) is 9.47 Å². The third-order valence-electron chi connectivity index (χ3n) is 8.42. The quantitative estimate of drug-likeness (QED) is 0.165. The molecule has 0 aliphatic rings. The van der Waals surface area contributed by atoms with E-state index in [1.54, 1.807) is 66.7 Å². The molecule has 3 amide bonds. The Balaban J connectivity index is 2.79. The zero-order valence-corrected chi connectivity index (χ0v) is 32.3. The predicted octanol–water partition coefficient (Wildman–Crippen LogP) is 7.40. The van der Waals surface area contributed by atoms with E-state index in [1.165, 1.54) is 4.90 Å². The van der Waals surface area contributed by atoms with Crippen molar-refractivity contribution in [2.24, 2.45) is 11.8 Å². The number of aryl methyl sites for hydroxylation is 1. The van der Waals surface area contributed by atoms with Crippen molar-refractivity contribution >= 4 is 23.9 Å². The second kappa shape index (κ2) is 18.2. The summed E-state index contributed by atoms with van der Waals surface area (Å²) in [6, 6.07) is 10.3. The van der Waals surface area contributed by atoms with Crippen LogP contribution in [0.3, 0.4) is 0 Å². The van der Waals surface area contributed by atoms with Gasteiger partial charge in [0.15, 0.2) is 0 Å². The lowest BCUT2D eigenvalue weighted by molar-refractivity contribution is -0.159. The van der Waals surface area contributed by atoms with Crippen molar-refractivity contribution in [3.8, 4) is 5.75 Å². The number of nitrogens with one attached hydrogen (secondary N) is 2. The molecule has 0 saturated heterocycles. The molecular formula is C40H61N3O7. The van der Waals surface area contributed by atoms with Crippen LogP contribution >= 0.6 is 0 Å². The van der Waals surface area contributed by atoms with Crippen LogP contribution in [0.2, 0.25) is 0 Å². The van der Waals surface area contributed by atoms with Gasteiger partial charge in [-0.3, -0.25) is 9.59 Å². The fourth-order valence-corrected chi connectivity index (χ4v) is 5.58. The smallest absolute Gasteiger partial charge is 0.408 e. The Bertz CT molecular complexity index is 1430. The van der Waals surface area contributed by atoms with Gasteiger partial charge >= 0.3 is 12.1 Å². The number of esters is 1. The summed E-state index contributed by atoms with van der Waals surface area (Å²) in [7, 11) is 0. The van der Waals surface area contributed by atoms with Crippen molar-refractivity contribution < 1.29 is 33.8 Å². The first-order valence-corrected chi connectivity index (χ1v) is 17.8. The number of para-hydroxylation sites is 1. The number of benzene rings is 2. The number of hydrogen-bond acceptors (Lipinski definition) is 7. The van der Waals surface area contributed by atoms with Crippen LogP contribution in [0.15, 0.2) is 48.5 Å². The zero-order valence-electron chi connectivity index (χ0n) is 32.3. The van der Waals surface area contributed by atoms with Crippen LogP contribution in [0.5, 0.6) is 5.75 Å². The Labute approximate surface area is 299 Å². The van der Waals surface area contributed by atoms with Crippen molar-refractivity contribution in [2.75, 3.05) is 0 Å². The molecular weight excluding hydrogens is 634 g/mol. The van der Waals surface area contributed by atoms with Gasteiger partial charge in [0.1, 0.15) is 35.1 Å². The highest BCUT2D eigenvalue weighted by molar-refractivity contribution is 5.94. The highest BCUT2D eigenvalue weighted by Crippen LogP contribution is 2.35. The van der Waals surface area contributed by atoms with Gasteiger partial charge in [-0.2, -0.15) is 0 Å². The Kier molecular flexibility index (Phi) is 15.4. The van der Waals surface area contributed by atoms with Crippen LogP contribution < -0.4 is 10.6 Å². The van der Waals surface area contributed by atoms with Gasteiger partial charge in [0, 0.05) is 18.0 Å². The number of carbonyl (C=O) groups excluding carboxylic acids is 4. The van der Waals surface area contributed by atoms with Crippen LogP contribution in [0.25, 0.3) is 0 Å². The molecule has 0 saturated carbocycles. The van der Waals surface area contributed by atoms with Crippen molar-refractivity contribution in [2.45, 2.75) is 144 Å². The molecule has 10 heteroatoms. The summed E-state index contributed by atoms with van der Waals surface area (Å²) in [6.45, 7) is 22.0. The number of phenolic OH excluding ortho intramolecular Hbond substituents is 1. The van der Waals surface area contributed by atoms with E-state index >= 15 is 0 Å². The molecule has 0 aromatic heterocycles. The molecule has 2 rings (SSSR count). The number of rotatable bonds is 15. The molecule has 50 heavy (non-hydrogen) atoms. The second-order valence-electron chi connectivity index (χ2n) is 15.8. The minimum atomic E-state index is -1.36. The van der Waals surface area contributed by atoms with Gasteiger partial charge in [0.25, 0.3) is 0 Å². The molecule has 0 bridgehead atoms. The first kappa shape index (κ1) is 42.1. The van der Waals surface area contributed by atoms with E-state index in [0.29, 0.717) is 24.3 Å². The summed E-state index contributed by atoms with van der Waals surface area (Å²) >= 11 is 0. The van der Waals surface area contributed by atoms with E-state index < -0.39 is 59.2 Å². The fraction of sp³-hybridized carbons (Fsp3) is 0.600. The second-order valence-corrected chi connectivity index (χ2v) is 15.8. The standard InChI is InChI=1S/C40H61N3O7/c1-13-26(4)32(42-38(48)50-40(10,11)12)36(46)43(28(6)23-22-25(2)3)33(30-21-17-18-27(5)34(30)44)35(45)41-31(37(47)49-39(7,8)9)24-29-19-15-14-16-20-29/h14-21,25-26,28,31-33,44H,13,22-24H2,1-12H3,(H,41,45)(H,42,48). The molecule has 0 spiro atoms. The first-order chi connectivity index (χ1) is 23.1. The van der Waals surface area contributed by atoms with Crippen molar-refractivity contribution in [3.63, 3.8) is 0 Å². The zero-order chi connectivity index (χ0) is 38.0. The lowest BCUT2D eigenvalue weighted by Crippen LogP contribution is -2.58. The molecule has 10 nitrogen and oxygen atoms in total. The summed E-state index contributed by atoms with van der Waals surface area (Å²) in [6.07, 6.45) is 1.23. The van der Waals surface area contributed by atoms with Gasteiger partial charge in [-0.25, -0.2) is 9.59 Å². The van der Waals surface area contributed by atoms with E-state index in [1.807, 2.05) is 51.1 Å². The maximum atomic E-state index is 14.9. The molecule has 0 radical (unpaired) electrons. The molecule has 278 valence electrons. The Morgan fingerprint density at radius 3 is 1.96 bits per heavy atom. The Hall–Kier alpha value is -4.08.